The Bertz CT molecular complexity index is 1030. The molecule has 2 heterocycles. The van der Waals surface area contributed by atoms with E-state index in [1.54, 1.807) is 32.7 Å². The molecule has 0 radical (unpaired) electrons. The molecule has 1 N–H and O–H groups in total. The van der Waals surface area contributed by atoms with Crippen LogP contribution in [0.2, 0.25) is 0 Å². The third kappa shape index (κ3) is 3.01. The van der Waals surface area contributed by atoms with E-state index in [9.17, 15) is 9.59 Å². The number of carbonyl (C=O) groups excluding carboxylic acids is 2. The number of aryl methyl sites for hydroxylation is 2. The summed E-state index contributed by atoms with van der Waals surface area (Å²) < 4.78 is 8.18. The van der Waals surface area contributed by atoms with E-state index in [-0.39, 0.29) is 17.4 Å². The highest BCUT2D eigenvalue weighted by atomic mass is 79.9. The average Bonchev–Trinajstić information content (AvgIpc) is 3.05. The van der Waals surface area contributed by atoms with E-state index >= 15 is 0 Å². The average molecular weight is 419 g/mol. The number of carbonyl (C=O) groups is 2. The normalized spacial score (nSPS) is 11.0. The van der Waals surface area contributed by atoms with Gasteiger partial charge in [0.2, 0.25) is 0 Å². The first-order chi connectivity index (χ1) is 12.2. The molecule has 1 aromatic carbocycles. The number of hydrogen-bond donors (Lipinski definition) is 1. The van der Waals surface area contributed by atoms with Gasteiger partial charge < -0.3 is 14.6 Å². The smallest absolute Gasteiger partial charge is 0.291 e. The number of aromatic nitrogens is 2. The second kappa shape index (κ2) is 6.60. The molecular weight excluding hydrogens is 400 g/mol. The molecule has 0 atom stereocenters. The van der Waals surface area contributed by atoms with Crippen LogP contribution >= 0.6 is 15.9 Å². The van der Waals surface area contributed by atoms with Gasteiger partial charge in [-0.25, -0.2) is 0 Å². The Hall–Kier alpha value is -2.61. The van der Waals surface area contributed by atoms with Crippen LogP contribution in [0.15, 0.2) is 27.1 Å². The molecule has 136 valence electrons. The minimum Gasteiger partial charge on any atom is -0.451 e. The molecule has 0 aliphatic heterocycles. The lowest BCUT2D eigenvalue weighted by Crippen LogP contribution is -2.24. The lowest BCUT2D eigenvalue weighted by atomic mass is 10.1. The van der Waals surface area contributed by atoms with Crippen LogP contribution in [0.25, 0.3) is 11.0 Å². The van der Waals surface area contributed by atoms with Crippen molar-refractivity contribution >= 4 is 44.4 Å². The first kappa shape index (κ1) is 18.2. The second-order valence-corrected chi connectivity index (χ2v) is 7.20. The van der Waals surface area contributed by atoms with Gasteiger partial charge >= 0.3 is 0 Å². The van der Waals surface area contributed by atoms with Crippen molar-refractivity contribution in [1.82, 2.24) is 14.7 Å². The standard InChI is InChI=1S/C18H19BrN4O3/c1-9-12-7-6-11(19)8-13(12)26-16(9)17(24)20-14-10(2)23(5)21-15(14)18(25)22(3)4/h6-8H,1-5H3,(H,20,24). The van der Waals surface area contributed by atoms with Crippen LogP contribution in [-0.4, -0.2) is 40.6 Å². The summed E-state index contributed by atoms with van der Waals surface area (Å²) in [5, 5.41) is 7.89. The summed E-state index contributed by atoms with van der Waals surface area (Å²) in [5.41, 5.74) is 2.62. The molecule has 0 aliphatic rings. The summed E-state index contributed by atoms with van der Waals surface area (Å²) in [4.78, 5) is 26.6. The lowest BCUT2D eigenvalue weighted by molar-refractivity contribution is 0.0822. The number of fused-ring (bicyclic) bond motifs is 1. The van der Waals surface area contributed by atoms with E-state index in [0.29, 0.717) is 17.0 Å². The van der Waals surface area contributed by atoms with Crippen LogP contribution in [0.3, 0.4) is 0 Å². The molecule has 7 nitrogen and oxygen atoms in total. The fourth-order valence-electron chi connectivity index (χ4n) is 2.71. The number of furan rings is 1. The largest absolute Gasteiger partial charge is 0.451 e. The van der Waals surface area contributed by atoms with Gasteiger partial charge in [-0.3, -0.25) is 14.3 Å². The molecule has 0 aliphatic carbocycles. The van der Waals surface area contributed by atoms with Gasteiger partial charge in [0, 0.05) is 36.6 Å². The van der Waals surface area contributed by atoms with Crippen molar-refractivity contribution in [2.24, 2.45) is 7.05 Å². The molecule has 0 saturated carbocycles. The number of nitrogens with one attached hydrogen (secondary N) is 1. The van der Waals surface area contributed by atoms with E-state index in [4.69, 9.17) is 4.42 Å². The molecule has 3 aromatic rings. The third-order valence-corrected chi connectivity index (χ3v) is 4.78. The van der Waals surface area contributed by atoms with Crippen LogP contribution in [0.4, 0.5) is 5.69 Å². The van der Waals surface area contributed by atoms with E-state index in [2.05, 4.69) is 26.3 Å². The van der Waals surface area contributed by atoms with Crippen LogP contribution in [-0.2, 0) is 7.05 Å². The van der Waals surface area contributed by atoms with Gasteiger partial charge in [-0.15, -0.1) is 0 Å². The highest BCUT2D eigenvalue weighted by molar-refractivity contribution is 9.10. The van der Waals surface area contributed by atoms with Crippen molar-refractivity contribution in [2.45, 2.75) is 13.8 Å². The van der Waals surface area contributed by atoms with Crippen molar-refractivity contribution < 1.29 is 14.0 Å². The monoisotopic (exact) mass is 418 g/mol. The maximum atomic E-state index is 12.8. The molecule has 3 rings (SSSR count). The van der Waals surface area contributed by atoms with E-state index < -0.39 is 5.91 Å². The van der Waals surface area contributed by atoms with Gasteiger partial charge in [-0.1, -0.05) is 15.9 Å². The maximum absolute atomic E-state index is 12.8. The van der Waals surface area contributed by atoms with E-state index in [1.165, 1.54) is 4.90 Å². The zero-order chi connectivity index (χ0) is 19.2. The first-order valence-electron chi connectivity index (χ1n) is 7.96. The zero-order valence-corrected chi connectivity index (χ0v) is 16.8. The number of halogens is 1. The number of nitrogens with zero attached hydrogens (tertiary/aromatic N) is 3. The highest BCUT2D eigenvalue weighted by Crippen LogP contribution is 2.29. The molecule has 2 aromatic heterocycles. The predicted molar refractivity (Wildman–Crippen MR) is 103 cm³/mol. The number of hydrogen-bond acceptors (Lipinski definition) is 4. The summed E-state index contributed by atoms with van der Waals surface area (Å²) in [6.45, 7) is 3.62. The summed E-state index contributed by atoms with van der Waals surface area (Å²) in [6, 6.07) is 5.60. The zero-order valence-electron chi connectivity index (χ0n) is 15.2. The maximum Gasteiger partial charge on any atom is 0.291 e. The lowest BCUT2D eigenvalue weighted by Gasteiger charge is -2.10. The number of rotatable bonds is 3. The van der Waals surface area contributed by atoms with Crippen molar-refractivity contribution in [1.29, 1.82) is 0 Å². The van der Waals surface area contributed by atoms with Crippen molar-refractivity contribution in [3.63, 3.8) is 0 Å². The molecule has 0 bridgehead atoms. The van der Waals surface area contributed by atoms with Gasteiger partial charge in [0.25, 0.3) is 11.8 Å². The summed E-state index contributed by atoms with van der Waals surface area (Å²) >= 11 is 3.39. The molecule has 0 unspecified atom stereocenters. The molecule has 26 heavy (non-hydrogen) atoms. The van der Waals surface area contributed by atoms with Crippen molar-refractivity contribution in [3.05, 3.63) is 45.4 Å². The third-order valence-electron chi connectivity index (χ3n) is 4.29. The number of anilines is 1. The Kier molecular flexibility index (Phi) is 4.62. The highest BCUT2D eigenvalue weighted by Gasteiger charge is 2.25. The molecule has 0 fully saturated rings. The Morgan fingerprint density at radius 3 is 2.62 bits per heavy atom. The molecule has 0 spiro atoms. The molecular formula is C18H19BrN4O3. The molecule has 0 saturated heterocycles. The molecule has 2 amide bonds. The van der Waals surface area contributed by atoms with Gasteiger partial charge in [0.15, 0.2) is 11.5 Å². The fourth-order valence-corrected chi connectivity index (χ4v) is 3.05. The molecule has 8 heteroatoms. The number of amides is 2. The van der Waals surface area contributed by atoms with Gasteiger partial charge in [-0.2, -0.15) is 5.10 Å². The Morgan fingerprint density at radius 2 is 1.96 bits per heavy atom. The van der Waals surface area contributed by atoms with Crippen molar-refractivity contribution in [2.75, 3.05) is 19.4 Å². The minimum atomic E-state index is -0.418. The summed E-state index contributed by atoms with van der Waals surface area (Å²) in [5.74, 6) is -0.488. The van der Waals surface area contributed by atoms with E-state index in [0.717, 1.165) is 15.4 Å². The quantitative estimate of drug-likeness (QED) is 0.705. The topological polar surface area (TPSA) is 80.4 Å². The van der Waals surface area contributed by atoms with Gasteiger partial charge in [-0.05, 0) is 32.0 Å². The summed E-state index contributed by atoms with van der Waals surface area (Å²) in [7, 11) is 5.00. The summed E-state index contributed by atoms with van der Waals surface area (Å²) in [6.07, 6.45) is 0. The van der Waals surface area contributed by atoms with Crippen LogP contribution < -0.4 is 5.32 Å². The Morgan fingerprint density at radius 1 is 1.27 bits per heavy atom. The Balaban J connectivity index is 2.01. The van der Waals surface area contributed by atoms with E-state index in [1.807, 2.05) is 25.1 Å². The van der Waals surface area contributed by atoms with Crippen molar-refractivity contribution in [3.8, 4) is 0 Å². The number of benzene rings is 1. The first-order valence-corrected chi connectivity index (χ1v) is 8.75. The van der Waals surface area contributed by atoms with Crippen LogP contribution in [0, 0.1) is 13.8 Å². The van der Waals surface area contributed by atoms with Crippen LogP contribution in [0.1, 0.15) is 32.3 Å². The SMILES string of the molecule is Cc1c(C(=O)Nc2c(C(=O)N(C)C)nn(C)c2C)oc2cc(Br)ccc12. The van der Waals surface area contributed by atoms with Crippen LogP contribution in [0.5, 0.6) is 0 Å². The van der Waals surface area contributed by atoms with Gasteiger partial charge in [0.1, 0.15) is 5.58 Å². The second-order valence-electron chi connectivity index (χ2n) is 6.28. The minimum absolute atomic E-state index is 0.194. The predicted octanol–water partition coefficient (Wildman–Crippen LogP) is 3.50. The fraction of sp³-hybridized carbons (Fsp3) is 0.278. The van der Waals surface area contributed by atoms with Gasteiger partial charge in [0.05, 0.1) is 11.4 Å². The Labute approximate surface area is 159 Å².